The Morgan fingerprint density at radius 2 is 1.71 bits per heavy atom. The first kappa shape index (κ1) is 18.7. The molecule has 28 heavy (non-hydrogen) atoms. The minimum atomic E-state index is -3.80. The molecule has 1 amide bonds. The fourth-order valence-electron chi connectivity index (χ4n) is 3.27. The van der Waals surface area contributed by atoms with Crippen molar-refractivity contribution in [3.63, 3.8) is 0 Å². The molecule has 2 aliphatic rings. The maximum absolute atomic E-state index is 13.4. The maximum Gasteiger partial charge on any atom is 0.267 e. The lowest BCUT2D eigenvalue weighted by Crippen LogP contribution is -2.55. The SMILES string of the molecule is O=C([C@H]1COc2ccccc2O1)N1CCN(S(=O)(=O)c2cccc(F)c2)CC1. The van der Waals surface area contributed by atoms with Gasteiger partial charge in [-0.05, 0) is 30.3 Å². The molecule has 0 radical (unpaired) electrons. The van der Waals surface area contributed by atoms with E-state index in [4.69, 9.17) is 9.47 Å². The maximum atomic E-state index is 13.4. The van der Waals surface area contributed by atoms with Gasteiger partial charge in [-0.15, -0.1) is 0 Å². The van der Waals surface area contributed by atoms with E-state index in [9.17, 15) is 17.6 Å². The number of hydrogen-bond donors (Lipinski definition) is 0. The van der Waals surface area contributed by atoms with Crippen LogP contribution in [0.4, 0.5) is 4.39 Å². The monoisotopic (exact) mass is 406 g/mol. The van der Waals surface area contributed by atoms with E-state index in [1.54, 1.807) is 23.1 Å². The highest BCUT2D eigenvalue weighted by atomic mass is 32.2. The van der Waals surface area contributed by atoms with E-state index < -0.39 is 21.9 Å². The summed E-state index contributed by atoms with van der Waals surface area (Å²) in [6.07, 6.45) is -0.763. The van der Waals surface area contributed by atoms with Crippen LogP contribution in [0.5, 0.6) is 11.5 Å². The van der Waals surface area contributed by atoms with Gasteiger partial charge in [0.25, 0.3) is 5.91 Å². The van der Waals surface area contributed by atoms with Crippen LogP contribution in [0.1, 0.15) is 0 Å². The third-order valence-electron chi connectivity index (χ3n) is 4.77. The van der Waals surface area contributed by atoms with E-state index in [-0.39, 0.29) is 43.6 Å². The van der Waals surface area contributed by atoms with E-state index >= 15 is 0 Å². The first-order valence-corrected chi connectivity index (χ1v) is 10.3. The molecule has 148 valence electrons. The largest absolute Gasteiger partial charge is 0.485 e. The first-order valence-electron chi connectivity index (χ1n) is 8.88. The summed E-state index contributed by atoms with van der Waals surface area (Å²) in [6, 6.07) is 12.0. The fourth-order valence-corrected chi connectivity index (χ4v) is 4.72. The Morgan fingerprint density at radius 3 is 2.43 bits per heavy atom. The van der Waals surface area contributed by atoms with Gasteiger partial charge in [0.15, 0.2) is 11.5 Å². The predicted molar refractivity (Wildman–Crippen MR) is 98.1 cm³/mol. The lowest BCUT2D eigenvalue weighted by Gasteiger charge is -2.36. The summed E-state index contributed by atoms with van der Waals surface area (Å²) < 4.78 is 51.3. The molecule has 0 N–H and O–H groups in total. The quantitative estimate of drug-likeness (QED) is 0.772. The molecule has 1 fully saturated rings. The molecule has 2 aromatic rings. The van der Waals surface area contributed by atoms with Crippen molar-refractivity contribution in [3.05, 3.63) is 54.3 Å². The fraction of sp³-hybridized carbons (Fsp3) is 0.316. The molecule has 1 atom stereocenters. The predicted octanol–water partition coefficient (Wildman–Crippen LogP) is 1.50. The second-order valence-corrected chi connectivity index (χ2v) is 8.49. The van der Waals surface area contributed by atoms with Crippen LogP contribution in [-0.2, 0) is 14.8 Å². The minimum Gasteiger partial charge on any atom is -0.485 e. The van der Waals surface area contributed by atoms with E-state index in [1.807, 2.05) is 6.07 Å². The molecule has 2 aliphatic heterocycles. The number of carbonyl (C=O) groups is 1. The number of rotatable bonds is 3. The summed E-state index contributed by atoms with van der Waals surface area (Å²) in [6.45, 7) is 0.838. The van der Waals surface area contributed by atoms with Crippen LogP contribution < -0.4 is 9.47 Å². The highest BCUT2D eigenvalue weighted by molar-refractivity contribution is 7.89. The van der Waals surface area contributed by atoms with Crippen LogP contribution in [0, 0.1) is 5.82 Å². The van der Waals surface area contributed by atoms with Gasteiger partial charge >= 0.3 is 0 Å². The van der Waals surface area contributed by atoms with Crippen molar-refractivity contribution in [2.75, 3.05) is 32.8 Å². The Morgan fingerprint density at radius 1 is 1.00 bits per heavy atom. The van der Waals surface area contributed by atoms with Crippen LogP contribution in [0.15, 0.2) is 53.4 Å². The lowest BCUT2D eigenvalue weighted by atomic mass is 10.2. The molecule has 0 aromatic heterocycles. The molecule has 2 heterocycles. The van der Waals surface area contributed by atoms with Gasteiger partial charge in [0.1, 0.15) is 12.4 Å². The Balaban J connectivity index is 1.40. The number of hydrogen-bond acceptors (Lipinski definition) is 5. The van der Waals surface area contributed by atoms with Gasteiger partial charge in [0.05, 0.1) is 4.90 Å². The van der Waals surface area contributed by atoms with Crippen LogP contribution >= 0.6 is 0 Å². The van der Waals surface area contributed by atoms with Gasteiger partial charge in [-0.1, -0.05) is 18.2 Å². The molecular formula is C19H19FN2O5S. The Kier molecular flexibility index (Phi) is 4.94. The van der Waals surface area contributed by atoms with Gasteiger partial charge < -0.3 is 14.4 Å². The topological polar surface area (TPSA) is 76.2 Å². The Hall–Kier alpha value is -2.65. The second kappa shape index (κ2) is 7.40. The molecule has 4 rings (SSSR count). The lowest BCUT2D eigenvalue weighted by molar-refractivity contribution is -0.142. The van der Waals surface area contributed by atoms with Gasteiger partial charge in [-0.3, -0.25) is 4.79 Å². The van der Waals surface area contributed by atoms with Crippen LogP contribution in [0.3, 0.4) is 0 Å². The molecule has 0 saturated carbocycles. The summed E-state index contributed by atoms with van der Waals surface area (Å²) in [7, 11) is -3.80. The van der Waals surface area contributed by atoms with Crippen molar-refractivity contribution in [2.24, 2.45) is 0 Å². The Labute approximate surface area is 162 Å². The summed E-state index contributed by atoms with van der Waals surface area (Å²) in [5.41, 5.74) is 0. The van der Waals surface area contributed by atoms with Crippen molar-refractivity contribution in [2.45, 2.75) is 11.0 Å². The van der Waals surface area contributed by atoms with Gasteiger partial charge in [0, 0.05) is 26.2 Å². The minimum absolute atomic E-state index is 0.0899. The number of fused-ring (bicyclic) bond motifs is 1. The highest BCUT2D eigenvalue weighted by Gasteiger charge is 2.35. The number of nitrogens with zero attached hydrogens (tertiary/aromatic N) is 2. The van der Waals surface area contributed by atoms with Crippen LogP contribution in [-0.4, -0.2) is 62.4 Å². The summed E-state index contributed by atoms with van der Waals surface area (Å²) in [5.74, 6) is 0.263. The van der Waals surface area contributed by atoms with E-state index in [1.165, 1.54) is 22.5 Å². The number of carbonyl (C=O) groups excluding carboxylic acids is 1. The molecule has 0 aliphatic carbocycles. The van der Waals surface area contributed by atoms with E-state index in [0.717, 1.165) is 6.07 Å². The van der Waals surface area contributed by atoms with E-state index in [0.29, 0.717) is 11.5 Å². The Bertz CT molecular complexity index is 989. The molecule has 0 unspecified atom stereocenters. The number of benzene rings is 2. The molecule has 7 nitrogen and oxygen atoms in total. The number of amides is 1. The molecule has 2 aromatic carbocycles. The standard InChI is InChI=1S/C19H19FN2O5S/c20-14-4-3-5-15(12-14)28(24,25)22-10-8-21(9-11-22)19(23)18-13-26-16-6-1-2-7-17(16)27-18/h1-7,12,18H,8-11,13H2/t18-/m1/s1. The molecule has 0 bridgehead atoms. The smallest absolute Gasteiger partial charge is 0.267 e. The van der Waals surface area contributed by atoms with Crippen LogP contribution in [0.25, 0.3) is 0 Å². The molecule has 1 saturated heterocycles. The van der Waals surface area contributed by atoms with Crippen molar-refractivity contribution in [3.8, 4) is 11.5 Å². The van der Waals surface area contributed by atoms with Gasteiger partial charge in [-0.2, -0.15) is 4.31 Å². The normalized spacial score (nSPS) is 20.0. The zero-order valence-electron chi connectivity index (χ0n) is 15.0. The zero-order chi connectivity index (χ0) is 19.7. The zero-order valence-corrected chi connectivity index (χ0v) is 15.8. The summed E-state index contributed by atoms with van der Waals surface area (Å²) in [5, 5.41) is 0. The third kappa shape index (κ3) is 3.55. The van der Waals surface area contributed by atoms with Crippen molar-refractivity contribution in [1.29, 1.82) is 0 Å². The first-order chi connectivity index (χ1) is 13.4. The number of ether oxygens (including phenoxy) is 2. The number of piperazine rings is 1. The number of halogens is 1. The highest BCUT2D eigenvalue weighted by Crippen LogP contribution is 2.31. The molecule has 9 heteroatoms. The third-order valence-corrected chi connectivity index (χ3v) is 6.66. The van der Waals surface area contributed by atoms with Crippen molar-refractivity contribution >= 4 is 15.9 Å². The number of sulfonamides is 1. The second-order valence-electron chi connectivity index (χ2n) is 6.55. The average Bonchev–Trinajstić information content (AvgIpc) is 2.73. The van der Waals surface area contributed by atoms with Crippen LogP contribution in [0.2, 0.25) is 0 Å². The summed E-state index contributed by atoms with van der Waals surface area (Å²) >= 11 is 0. The van der Waals surface area contributed by atoms with E-state index in [2.05, 4.69) is 0 Å². The summed E-state index contributed by atoms with van der Waals surface area (Å²) in [4.78, 5) is 14.2. The molecule has 0 spiro atoms. The van der Waals surface area contributed by atoms with Gasteiger partial charge in [-0.25, -0.2) is 12.8 Å². The average molecular weight is 406 g/mol. The number of para-hydroxylation sites is 2. The van der Waals surface area contributed by atoms with Gasteiger partial charge in [0.2, 0.25) is 16.1 Å². The van der Waals surface area contributed by atoms with Crippen molar-refractivity contribution in [1.82, 2.24) is 9.21 Å². The molecular weight excluding hydrogens is 387 g/mol. The van der Waals surface area contributed by atoms with Crippen molar-refractivity contribution < 1.29 is 27.1 Å².